The van der Waals surface area contributed by atoms with E-state index in [0.29, 0.717) is 6.04 Å². The van der Waals surface area contributed by atoms with Gasteiger partial charge in [0.1, 0.15) is 5.01 Å². The van der Waals surface area contributed by atoms with Crippen LogP contribution in [0.5, 0.6) is 0 Å². The lowest BCUT2D eigenvalue weighted by atomic mass is 10.1. The molecule has 2 nitrogen and oxygen atoms in total. The van der Waals surface area contributed by atoms with Gasteiger partial charge in [0.25, 0.3) is 0 Å². The molecule has 0 saturated heterocycles. The van der Waals surface area contributed by atoms with Crippen molar-refractivity contribution in [2.45, 2.75) is 19.9 Å². The Morgan fingerprint density at radius 2 is 2.19 bits per heavy atom. The predicted molar refractivity (Wildman–Crippen MR) is 69.8 cm³/mol. The van der Waals surface area contributed by atoms with E-state index in [-0.39, 0.29) is 0 Å². The van der Waals surface area contributed by atoms with Crippen LogP contribution in [0.25, 0.3) is 11.3 Å². The zero-order valence-corrected chi connectivity index (χ0v) is 10.6. The summed E-state index contributed by atoms with van der Waals surface area (Å²) in [6.07, 6.45) is 0. The summed E-state index contributed by atoms with van der Waals surface area (Å²) in [4.78, 5) is 4.65. The molecule has 0 radical (unpaired) electrons. The average molecular weight is 232 g/mol. The minimum absolute atomic E-state index is 0.323. The van der Waals surface area contributed by atoms with Gasteiger partial charge < -0.3 is 5.32 Å². The lowest BCUT2D eigenvalue weighted by Gasteiger charge is -2.04. The summed E-state index contributed by atoms with van der Waals surface area (Å²) in [6.45, 7) is 4.23. The van der Waals surface area contributed by atoms with Gasteiger partial charge in [-0.2, -0.15) is 0 Å². The smallest absolute Gasteiger partial charge is 0.110 e. The quantitative estimate of drug-likeness (QED) is 0.877. The number of benzene rings is 1. The summed E-state index contributed by atoms with van der Waals surface area (Å²) in [5.74, 6) is 0. The molecule has 0 fully saturated rings. The van der Waals surface area contributed by atoms with Gasteiger partial charge in [0.05, 0.1) is 11.7 Å². The number of aryl methyl sites for hydroxylation is 1. The van der Waals surface area contributed by atoms with Gasteiger partial charge in [0, 0.05) is 10.9 Å². The molecule has 1 aromatic heterocycles. The molecule has 1 N–H and O–H groups in total. The van der Waals surface area contributed by atoms with Crippen molar-refractivity contribution in [3.05, 3.63) is 40.2 Å². The molecule has 2 aromatic rings. The normalized spacial score (nSPS) is 12.7. The fraction of sp³-hybridized carbons (Fsp3) is 0.308. The third-order valence-electron chi connectivity index (χ3n) is 2.64. The number of nitrogens with one attached hydrogen (secondary N) is 1. The lowest BCUT2D eigenvalue weighted by Crippen LogP contribution is -2.11. The Kier molecular flexibility index (Phi) is 3.36. The Balaban J connectivity index is 2.31. The van der Waals surface area contributed by atoms with Gasteiger partial charge in [0.2, 0.25) is 0 Å². The largest absolute Gasteiger partial charge is 0.311 e. The number of hydrogen-bond donors (Lipinski definition) is 1. The highest BCUT2D eigenvalue weighted by Crippen LogP contribution is 2.25. The fourth-order valence-electron chi connectivity index (χ4n) is 1.55. The maximum atomic E-state index is 4.65. The number of thiazole rings is 1. The van der Waals surface area contributed by atoms with Crippen molar-refractivity contribution in [2.75, 3.05) is 7.05 Å². The van der Waals surface area contributed by atoms with E-state index in [1.165, 1.54) is 11.1 Å². The lowest BCUT2D eigenvalue weighted by molar-refractivity contribution is 0.648. The third kappa shape index (κ3) is 2.31. The van der Waals surface area contributed by atoms with E-state index in [4.69, 9.17) is 0 Å². The first kappa shape index (κ1) is 11.3. The maximum absolute atomic E-state index is 4.65. The molecule has 16 heavy (non-hydrogen) atoms. The van der Waals surface area contributed by atoms with Crippen LogP contribution in [-0.2, 0) is 0 Å². The van der Waals surface area contributed by atoms with Gasteiger partial charge in [-0.1, -0.05) is 23.8 Å². The molecule has 0 aliphatic carbocycles. The van der Waals surface area contributed by atoms with Crippen molar-refractivity contribution in [3.8, 4) is 11.3 Å². The molecular weight excluding hydrogens is 216 g/mol. The Hall–Kier alpha value is -1.19. The number of nitrogens with zero attached hydrogens (tertiary/aromatic N) is 1. The van der Waals surface area contributed by atoms with Crippen molar-refractivity contribution in [1.29, 1.82) is 0 Å². The van der Waals surface area contributed by atoms with Gasteiger partial charge in [0.15, 0.2) is 0 Å². The first-order valence-corrected chi connectivity index (χ1v) is 6.28. The molecule has 0 saturated carbocycles. The molecule has 0 aliphatic rings. The van der Waals surface area contributed by atoms with Crippen LogP contribution in [0.15, 0.2) is 29.6 Å². The molecule has 0 aliphatic heterocycles. The van der Waals surface area contributed by atoms with Crippen LogP contribution in [0.1, 0.15) is 23.5 Å². The minimum Gasteiger partial charge on any atom is -0.311 e. The van der Waals surface area contributed by atoms with E-state index in [1.54, 1.807) is 11.3 Å². The second kappa shape index (κ2) is 4.76. The number of aromatic nitrogens is 1. The van der Waals surface area contributed by atoms with E-state index in [0.717, 1.165) is 10.7 Å². The molecule has 84 valence electrons. The Morgan fingerprint density at radius 3 is 2.88 bits per heavy atom. The van der Waals surface area contributed by atoms with E-state index in [9.17, 15) is 0 Å². The van der Waals surface area contributed by atoms with Gasteiger partial charge in [-0.25, -0.2) is 4.98 Å². The average Bonchev–Trinajstić information content (AvgIpc) is 2.77. The van der Waals surface area contributed by atoms with Crippen LogP contribution in [-0.4, -0.2) is 12.0 Å². The van der Waals surface area contributed by atoms with Crippen molar-refractivity contribution >= 4 is 11.3 Å². The van der Waals surface area contributed by atoms with Crippen LogP contribution < -0.4 is 5.32 Å². The van der Waals surface area contributed by atoms with Crippen molar-refractivity contribution in [3.63, 3.8) is 0 Å². The zero-order valence-electron chi connectivity index (χ0n) is 9.82. The summed E-state index contributed by atoms with van der Waals surface area (Å²) in [7, 11) is 1.96. The molecule has 1 unspecified atom stereocenters. The summed E-state index contributed by atoms with van der Waals surface area (Å²) in [5.41, 5.74) is 3.55. The van der Waals surface area contributed by atoms with Crippen LogP contribution in [0.2, 0.25) is 0 Å². The summed E-state index contributed by atoms with van der Waals surface area (Å²) in [5, 5.41) is 6.47. The van der Waals surface area contributed by atoms with Gasteiger partial charge in [-0.05, 0) is 27.0 Å². The van der Waals surface area contributed by atoms with Gasteiger partial charge in [-0.15, -0.1) is 11.3 Å². The summed E-state index contributed by atoms with van der Waals surface area (Å²) in [6, 6.07) is 8.78. The van der Waals surface area contributed by atoms with E-state index >= 15 is 0 Å². The molecule has 1 heterocycles. The van der Waals surface area contributed by atoms with Crippen LogP contribution in [0, 0.1) is 6.92 Å². The highest BCUT2D eigenvalue weighted by Gasteiger charge is 2.09. The second-order valence-electron chi connectivity index (χ2n) is 3.95. The van der Waals surface area contributed by atoms with Crippen LogP contribution >= 0.6 is 11.3 Å². The van der Waals surface area contributed by atoms with E-state index < -0.39 is 0 Å². The second-order valence-corrected chi connectivity index (χ2v) is 4.84. The van der Waals surface area contributed by atoms with E-state index in [1.807, 2.05) is 7.05 Å². The molecule has 0 amide bonds. The first-order valence-electron chi connectivity index (χ1n) is 5.40. The first-order chi connectivity index (χ1) is 7.70. The molecule has 0 bridgehead atoms. The summed E-state index contributed by atoms with van der Waals surface area (Å²) < 4.78 is 0. The molecule has 0 spiro atoms. The van der Waals surface area contributed by atoms with Crippen molar-refractivity contribution in [1.82, 2.24) is 10.3 Å². The van der Waals surface area contributed by atoms with Crippen LogP contribution in [0.3, 0.4) is 0 Å². The highest BCUT2D eigenvalue weighted by atomic mass is 32.1. The van der Waals surface area contributed by atoms with Crippen molar-refractivity contribution < 1.29 is 0 Å². The van der Waals surface area contributed by atoms with Gasteiger partial charge in [-0.3, -0.25) is 0 Å². The molecule has 3 heteroatoms. The number of hydrogen-bond acceptors (Lipinski definition) is 3. The van der Waals surface area contributed by atoms with Crippen LogP contribution in [0.4, 0.5) is 0 Å². The zero-order chi connectivity index (χ0) is 11.5. The topological polar surface area (TPSA) is 24.9 Å². The predicted octanol–water partition coefficient (Wildman–Crippen LogP) is 3.40. The Labute approximate surface area is 100 Å². The third-order valence-corrected chi connectivity index (χ3v) is 3.67. The standard InChI is InChI=1S/C13H16N2S/c1-9-5-4-6-11(7-9)12-8-16-13(15-12)10(2)14-3/h4-8,10,14H,1-3H3. The van der Waals surface area contributed by atoms with Crippen molar-refractivity contribution in [2.24, 2.45) is 0 Å². The van der Waals surface area contributed by atoms with Gasteiger partial charge >= 0.3 is 0 Å². The SMILES string of the molecule is CNC(C)c1nc(-c2cccc(C)c2)cs1. The molecular formula is C13H16N2S. The fourth-order valence-corrected chi connectivity index (χ4v) is 2.44. The minimum atomic E-state index is 0.323. The molecule has 1 aromatic carbocycles. The Morgan fingerprint density at radius 1 is 1.38 bits per heavy atom. The number of rotatable bonds is 3. The monoisotopic (exact) mass is 232 g/mol. The highest BCUT2D eigenvalue weighted by molar-refractivity contribution is 7.10. The molecule has 1 atom stereocenters. The summed E-state index contributed by atoms with van der Waals surface area (Å²) >= 11 is 1.71. The maximum Gasteiger partial charge on any atom is 0.110 e. The van der Waals surface area contributed by atoms with E-state index in [2.05, 4.69) is 53.8 Å². The molecule has 2 rings (SSSR count). The Bertz CT molecular complexity index is 476.